The summed E-state index contributed by atoms with van der Waals surface area (Å²) < 4.78 is 71.2. The number of sulfone groups is 1. The largest absolute Gasteiger partial charge is 0.456 e. The number of hydrogen-bond donors (Lipinski definition) is 1. The molecule has 0 atom stereocenters. The lowest BCUT2D eigenvalue weighted by Crippen LogP contribution is -2.03. The minimum Gasteiger partial charge on any atom is -0.456 e. The Bertz CT molecular complexity index is 1720. The third-order valence-corrected chi connectivity index (χ3v) is 8.07. The first-order valence-corrected chi connectivity index (χ1v) is 13.9. The van der Waals surface area contributed by atoms with Crippen LogP contribution in [0.5, 0.6) is 23.0 Å². The molecule has 4 aromatic rings. The van der Waals surface area contributed by atoms with Crippen LogP contribution in [0.2, 0.25) is 0 Å². The van der Waals surface area contributed by atoms with E-state index in [0.717, 1.165) is 17.2 Å². The fraction of sp³-hybridized carbons (Fsp3) is 0.0714. The highest BCUT2D eigenvalue weighted by atomic mass is 32.2. The number of rotatable bonds is 7. The Labute approximate surface area is 216 Å². The van der Waals surface area contributed by atoms with E-state index in [4.69, 9.17) is 15.9 Å². The molecule has 0 aliphatic heterocycles. The van der Waals surface area contributed by atoms with E-state index in [1.807, 2.05) is 19.9 Å². The molecule has 0 aromatic heterocycles. The van der Waals surface area contributed by atoms with E-state index in [9.17, 15) is 21.4 Å². The maximum atomic E-state index is 12.9. The summed E-state index contributed by atoms with van der Waals surface area (Å²) in [6.45, 7) is 3.71. The molecule has 7 nitrogen and oxygen atoms in total. The van der Waals surface area contributed by atoms with E-state index in [2.05, 4.69) is 5.92 Å². The van der Waals surface area contributed by atoms with Crippen molar-refractivity contribution in [1.82, 2.24) is 0 Å². The van der Waals surface area contributed by atoms with Gasteiger partial charge in [-0.1, -0.05) is 29.7 Å². The number of terminal acetylenes is 1. The average Bonchev–Trinajstić information content (AvgIpc) is 2.85. The van der Waals surface area contributed by atoms with Gasteiger partial charge in [-0.3, -0.25) is 4.55 Å². The van der Waals surface area contributed by atoms with Gasteiger partial charge in [-0.2, -0.15) is 8.42 Å². The molecule has 0 radical (unpaired) electrons. The van der Waals surface area contributed by atoms with Crippen molar-refractivity contribution in [2.75, 3.05) is 0 Å². The summed E-state index contributed by atoms with van der Waals surface area (Å²) in [5, 5.41) is 0. The van der Waals surface area contributed by atoms with Gasteiger partial charge in [0.15, 0.2) is 0 Å². The molecule has 0 spiro atoms. The van der Waals surface area contributed by atoms with E-state index >= 15 is 0 Å². The van der Waals surface area contributed by atoms with Gasteiger partial charge in [0.1, 0.15) is 27.9 Å². The van der Waals surface area contributed by atoms with E-state index in [0.29, 0.717) is 11.3 Å². The lowest BCUT2D eigenvalue weighted by Gasteiger charge is -2.13. The second kappa shape index (κ2) is 10.1. The number of benzene rings is 4. The molecule has 37 heavy (non-hydrogen) atoms. The van der Waals surface area contributed by atoms with Crippen molar-refractivity contribution < 1.29 is 30.9 Å². The minimum atomic E-state index is -4.70. The zero-order chi connectivity index (χ0) is 26.8. The van der Waals surface area contributed by atoms with E-state index in [1.165, 1.54) is 48.5 Å². The summed E-state index contributed by atoms with van der Waals surface area (Å²) in [7, 11) is -8.45. The number of hydrogen-bond acceptors (Lipinski definition) is 6. The molecule has 4 rings (SSSR count). The minimum absolute atomic E-state index is 0.0462. The first-order chi connectivity index (χ1) is 17.5. The Morgan fingerprint density at radius 1 is 0.676 bits per heavy atom. The highest BCUT2D eigenvalue weighted by Gasteiger charge is 2.21. The summed E-state index contributed by atoms with van der Waals surface area (Å²) in [5.41, 5.74) is 2.29. The van der Waals surface area contributed by atoms with Crippen LogP contribution in [0.3, 0.4) is 0 Å². The zero-order valence-corrected chi connectivity index (χ0v) is 21.5. The highest BCUT2D eigenvalue weighted by molar-refractivity contribution is 7.91. The smallest absolute Gasteiger partial charge is 0.298 e. The van der Waals surface area contributed by atoms with Gasteiger partial charge in [-0.25, -0.2) is 8.42 Å². The molecule has 4 aromatic carbocycles. The lowest BCUT2D eigenvalue weighted by molar-refractivity contribution is 0.441. The Hall–Kier alpha value is -4.10. The fourth-order valence-corrected chi connectivity index (χ4v) is 5.36. The molecule has 0 saturated heterocycles. The predicted octanol–water partition coefficient (Wildman–Crippen LogP) is 5.95. The van der Waals surface area contributed by atoms with Crippen molar-refractivity contribution in [3.05, 3.63) is 102 Å². The topological polar surface area (TPSA) is 107 Å². The molecular weight excluding hydrogens is 512 g/mol. The maximum Gasteiger partial charge on any atom is 0.298 e. The van der Waals surface area contributed by atoms with Crippen LogP contribution in [0.4, 0.5) is 0 Å². The second-order valence-corrected chi connectivity index (χ2v) is 11.6. The van der Waals surface area contributed by atoms with Crippen LogP contribution >= 0.6 is 0 Å². The van der Waals surface area contributed by atoms with Crippen molar-refractivity contribution in [2.24, 2.45) is 0 Å². The average molecular weight is 535 g/mol. The Morgan fingerprint density at radius 2 is 1.22 bits per heavy atom. The third kappa shape index (κ3) is 5.84. The Kier molecular flexibility index (Phi) is 7.09. The van der Waals surface area contributed by atoms with Crippen LogP contribution in [0.1, 0.15) is 16.7 Å². The second-order valence-electron chi connectivity index (χ2n) is 8.22. The van der Waals surface area contributed by atoms with Crippen molar-refractivity contribution in [3.63, 3.8) is 0 Å². The first kappa shape index (κ1) is 26.0. The summed E-state index contributed by atoms with van der Waals surface area (Å²) >= 11 is 0. The van der Waals surface area contributed by atoms with Crippen LogP contribution in [0, 0.1) is 26.2 Å². The van der Waals surface area contributed by atoms with Crippen LogP contribution in [-0.4, -0.2) is 21.4 Å². The maximum absolute atomic E-state index is 12.9. The predicted molar refractivity (Wildman–Crippen MR) is 139 cm³/mol. The molecule has 0 unspecified atom stereocenters. The third-order valence-electron chi connectivity index (χ3n) is 5.41. The van der Waals surface area contributed by atoms with Gasteiger partial charge in [-0.15, -0.1) is 6.42 Å². The van der Waals surface area contributed by atoms with Gasteiger partial charge >= 0.3 is 0 Å². The van der Waals surface area contributed by atoms with Crippen LogP contribution in [-0.2, 0) is 20.0 Å². The Balaban J connectivity index is 1.62. The quantitative estimate of drug-likeness (QED) is 0.231. The van der Waals surface area contributed by atoms with Gasteiger partial charge in [0.05, 0.1) is 15.4 Å². The molecule has 0 fully saturated rings. The van der Waals surface area contributed by atoms with Gasteiger partial charge in [0.25, 0.3) is 10.1 Å². The number of aryl methyl sites for hydroxylation is 2. The molecule has 188 valence electrons. The molecule has 0 bridgehead atoms. The van der Waals surface area contributed by atoms with Crippen molar-refractivity contribution in [2.45, 2.75) is 28.5 Å². The summed E-state index contributed by atoms with van der Waals surface area (Å²) in [6, 6.07) is 21.1. The molecule has 9 heteroatoms. The van der Waals surface area contributed by atoms with Crippen molar-refractivity contribution in [3.8, 4) is 35.3 Å². The SMILES string of the molecule is C#Cc1ccc(C)cc1Oc1ccc(Oc2ccc(S(=O)(=O)c3ccc(C)cc3)cc2)c(S(=O)(=O)O)c1. The highest BCUT2D eigenvalue weighted by Crippen LogP contribution is 2.35. The standard InChI is InChI=1S/C28H22O7S2/c1-4-21-8-5-20(3)17-27(21)35-23-11-16-26(28(18-23)37(31,32)33)34-22-9-14-25(15-10-22)36(29,30)24-12-6-19(2)7-13-24/h1,5-18H,2-3H3,(H,31,32,33). The normalized spacial score (nSPS) is 11.5. The molecule has 0 aliphatic carbocycles. The molecule has 0 aliphatic rings. The molecule has 1 N–H and O–H groups in total. The van der Waals surface area contributed by atoms with Gasteiger partial charge < -0.3 is 9.47 Å². The monoisotopic (exact) mass is 534 g/mol. The molecular formula is C28H22O7S2. The van der Waals surface area contributed by atoms with Crippen LogP contribution in [0.25, 0.3) is 0 Å². The van der Waals surface area contributed by atoms with E-state index in [-0.39, 0.29) is 27.0 Å². The van der Waals surface area contributed by atoms with Crippen LogP contribution < -0.4 is 9.47 Å². The van der Waals surface area contributed by atoms with Gasteiger partial charge in [0.2, 0.25) is 9.84 Å². The summed E-state index contributed by atoms with van der Waals surface area (Å²) in [5.74, 6) is 2.95. The molecule has 0 heterocycles. The molecule has 0 saturated carbocycles. The first-order valence-electron chi connectivity index (χ1n) is 10.9. The van der Waals surface area contributed by atoms with Crippen molar-refractivity contribution >= 4 is 20.0 Å². The zero-order valence-electron chi connectivity index (χ0n) is 19.9. The Morgan fingerprint density at radius 3 is 1.81 bits per heavy atom. The van der Waals surface area contributed by atoms with E-state index in [1.54, 1.807) is 24.3 Å². The lowest BCUT2D eigenvalue weighted by atomic mass is 10.1. The van der Waals surface area contributed by atoms with Gasteiger partial charge in [0, 0.05) is 6.07 Å². The van der Waals surface area contributed by atoms with E-state index < -0.39 is 24.9 Å². The summed E-state index contributed by atoms with van der Waals surface area (Å²) in [4.78, 5) is -0.334. The fourth-order valence-electron chi connectivity index (χ4n) is 3.47. The van der Waals surface area contributed by atoms with Crippen molar-refractivity contribution in [1.29, 1.82) is 0 Å². The molecule has 0 amide bonds. The number of ether oxygens (including phenoxy) is 2. The van der Waals surface area contributed by atoms with Crippen LogP contribution in [0.15, 0.2) is 99.6 Å². The summed E-state index contributed by atoms with van der Waals surface area (Å²) in [6.07, 6.45) is 5.52. The van der Waals surface area contributed by atoms with Gasteiger partial charge in [-0.05, 0) is 80.1 Å².